The molecule has 1 N–H and O–H groups in total. The van der Waals surface area contributed by atoms with Gasteiger partial charge in [0.15, 0.2) is 0 Å². The largest absolute Gasteiger partial charge is 0.323 e. The normalized spacial score (nSPS) is 11.0. The number of hydrogen-bond acceptors (Lipinski definition) is 3. The van der Waals surface area contributed by atoms with Crippen LogP contribution in [-0.2, 0) is 13.6 Å². The molecule has 1 aromatic carbocycles. The summed E-state index contributed by atoms with van der Waals surface area (Å²) in [7, 11) is 2.00. The molecule has 0 spiro atoms. The van der Waals surface area contributed by atoms with E-state index in [2.05, 4.69) is 28.4 Å². The minimum absolute atomic E-state index is 0.826. The molecule has 2 heterocycles. The van der Waals surface area contributed by atoms with E-state index < -0.39 is 0 Å². The molecule has 3 aromatic rings. The second-order valence-corrected chi connectivity index (χ2v) is 4.19. The number of imidazole rings is 1. The summed E-state index contributed by atoms with van der Waals surface area (Å²) in [5.41, 5.74) is 3.06. The number of benzene rings is 1. The zero-order valence-corrected chi connectivity index (χ0v) is 10.5. The van der Waals surface area contributed by atoms with Crippen LogP contribution in [0.15, 0.2) is 36.7 Å². The van der Waals surface area contributed by atoms with Gasteiger partial charge in [-0.15, -0.1) is 0 Å². The highest BCUT2D eigenvalue weighted by molar-refractivity contribution is 5.79. The minimum atomic E-state index is 0.826. The Labute approximate surface area is 105 Å². The molecule has 0 saturated carbocycles. The lowest BCUT2D eigenvalue weighted by Crippen LogP contribution is -1.98. The standard InChI is InChI=1S/C13H15N5/c1-3-18-9-10(8-14-18)15-13-16-11-6-4-5-7-12(11)17(13)2/h4-9H,3H2,1-2H3,(H,15,16). The van der Waals surface area contributed by atoms with Crippen molar-refractivity contribution in [1.82, 2.24) is 19.3 Å². The Hall–Kier alpha value is -2.30. The highest BCUT2D eigenvalue weighted by Gasteiger charge is 2.07. The molecule has 0 aliphatic carbocycles. The van der Waals surface area contributed by atoms with Gasteiger partial charge in [-0.05, 0) is 19.1 Å². The molecule has 0 radical (unpaired) electrons. The Kier molecular flexibility index (Phi) is 2.51. The van der Waals surface area contributed by atoms with E-state index in [-0.39, 0.29) is 0 Å². The lowest BCUT2D eigenvalue weighted by molar-refractivity contribution is 0.660. The zero-order valence-electron chi connectivity index (χ0n) is 10.5. The molecule has 2 aromatic heterocycles. The van der Waals surface area contributed by atoms with E-state index in [0.717, 1.165) is 29.2 Å². The predicted octanol–water partition coefficient (Wildman–Crippen LogP) is 2.53. The second-order valence-electron chi connectivity index (χ2n) is 4.19. The fourth-order valence-corrected chi connectivity index (χ4v) is 1.99. The molecular weight excluding hydrogens is 226 g/mol. The number of para-hydroxylation sites is 2. The van der Waals surface area contributed by atoms with Crippen LogP contribution in [0.5, 0.6) is 0 Å². The number of aryl methyl sites for hydroxylation is 2. The number of nitrogens with one attached hydrogen (secondary N) is 1. The van der Waals surface area contributed by atoms with Crippen molar-refractivity contribution in [1.29, 1.82) is 0 Å². The molecule has 18 heavy (non-hydrogen) atoms. The van der Waals surface area contributed by atoms with Crippen LogP contribution >= 0.6 is 0 Å². The van der Waals surface area contributed by atoms with Gasteiger partial charge in [-0.25, -0.2) is 4.98 Å². The van der Waals surface area contributed by atoms with Crippen LogP contribution in [0.2, 0.25) is 0 Å². The van der Waals surface area contributed by atoms with Gasteiger partial charge in [-0.1, -0.05) is 12.1 Å². The smallest absolute Gasteiger partial charge is 0.208 e. The Morgan fingerprint density at radius 2 is 2.11 bits per heavy atom. The Balaban J connectivity index is 1.97. The number of fused-ring (bicyclic) bond motifs is 1. The molecule has 0 atom stereocenters. The molecule has 0 aliphatic heterocycles. The second kappa shape index (κ2) is 4.18. The average molecular weight is 241 g/mol. The van der Waals surface area contributed by atoms with Crippen molar-refractivity contribution in [2.24, 2.45) is 7.05 Å². The number of nitrogens with zero attached hydrogens (tertiary/aromatic N) is 4. The fourth-order valence-electron chi connectivity index (χ4n) is 1.99. The summed E-state index contributed by atoms with van der Waals surface area (Å²) >= 11 is 0. The monoisotopic (exact) mass is 241 g/mol. The molecule has 5 nitrogen and oxygen atoms in total. The number of rotatable bonds is 3. The van der Waals surface area contributed by atoms with E-state index in [4.69, 9.17) is 0 Å². The Bertz CT molecular complexity index is 680. The van der Waals surface area contributed by atoms with Gasteiger partial charge < -0.3 is 9.88 Å². The third-order valence-electron chi connectivity index (χ3n) is 3.00. The van der Waals surface area contributed by atoms with E-state index in [1.165, 1.54) is 0 Å². The molecule has 0 unspecified atom stereocenters. The molecule has 5 heteroatoms. The summed E-state index contributed by atoms with van der Waals surface area (Å²) < 4.78 is 3.92. The molecule has 0 saturated heterocycles. The maximum Gasteiger partial charge on any atom is 0.208 e. The first-order chi connectivity index (χ1) is 8.78. The first kappa shape index (κ1) is 10.8. The topological polar surface area (TPSA) is 47.7 Å². The summed E-state index contributed by atoms with van der Waals surface area (Å²) in [6.45, 7) is 2.93. The van der Waals surface area contributed by atoms with Crippen molar-refractivity contribution in [3.8, 4) is 0 Å². The van der Waals surface area contributed by atoms with Crippen molar-refractivity contribution in [2.45, 2.75) is 13.5 Å². The lowest BCUT2D eigenvalue weighted by Gasteiger charge is -2.02. The van der Waals surface area contributed by atoms with Crippen molar-refractivity contribution < 1.29 is 0 Å². The van der Waals surface area contributed by atoms with Crippen LogP contribution in [0.3, 0.4) is 0 Å². The van der Waals surface area contributed by atoms with Crippen LogP contribution in [0.4, 0.5) is 11.6 Å². The van der Waals surface area contributed by atoms with E-state index >= 15 is 0 Å². The van der Waals surface area contributed by atoms with E-state index in [1.54, 1.807) is 0 Å². The van der Waals surface area contributed by atoms with Crippen molar-refractivity contribution in [3.63, 3.8) is 0 Å². The molecule has 92 valence electrons. The summed E-state index contributed by atoms with van der Waals surface area (Å²) in [5, 5.41) is 7.52. The van der Waals surface area contributed by atoms with Gasteiger partial charge in [-0.2, -0.15) is 5.10 Å². The van der Waals surface area contributed by atoms with Gasteiger partial charge in [-0.3, -0.25) is 4.68 Å². The van der Waals surface area contributed by atoms with E-state index in [9.17, 15) is 0 Å². The van der Waals surface area contributed by atoms with Crippen LogP contribution in [-0.4, -0.2) is 19.3 Å². The summed E-state index contributed by atoms with van der Waals surface area (Å²) in [4.78, 5) is 4.56. The van der Waals surface area contributed by atoms with Crippen LogP contribution in [0.25, 0.3) is 11.0 Å². The van der Waals surface area contributed by atoms with Crippen LogP contribution < -0.4 is 5.32 Å². The number of hydrogen-bond donors (Lipinski definition) is 1. The Morgan fingerprint density at radius 1 is 1.28 bits per heavy atom. The van der Waals surface area contributed by atoms with Gasteiger partial charge in [0.1, 0.15) is 0 Å². The number of anilines is 2. The van der Waals surface area contributed by atoms with Crippen molar-refractivity contribution in [2.75, 3.05) is 5.32 Å². The van der Waals surface area contributed by atoms with Crippen LogP contribution in [0.1, 0.15) is 6.92 Å². The fraction of sp³-hybridized carbons (Fsp3) is 0.231. The molecule has 0 aliphatic rings. The summed E-state index contributed by atoms with van der Waals surface area (Å²) in [5.74, 6) is 0.826. The molecule has 0 amide bonds. The maximum absolute atomic E-state index is 4.56. The predicted molar refractivity (Wildman–Crippen MR) is 71.9 cm³/mol. The van der Waals surface area contributed by atoms with E-state index in [1.807, 2.05) is 46.9 Å². The SMILES string of the molecule is CCn1cc(Nc2nc3ccccc3n2C)cn1. The minimum Gasteiger partial charge on any atom is -0.323 e. The van der Waals surface area contributed by atoms with E-state index in [0.29, 0.717) is 0 Å². The molecule has 0 bridgehead atoms. The highest BCUT2D eigenvalue weighted by Crippen LogP contribution is 2.20. The Morgan fingerprint density at radius 3 is 2.83 bits per heavy atom. The maximum atomic E-state index is 4.56. The zero-order chi connectivity index (χ0) is 12.5. The van der Waals surface area contributed by atoms with Gasteiger partial charge in [0, 0.05) is 19.8 Å². The first-order valence-electron chi connectivity index (χ1n) is 5.99. The highest BCUT2D eigenvalue weighted by atomic mass is 15.3. The first-order valence-corrected chi connectivity index (χ1v) is 5.99. The van der Waals surface area contributed by atoms with Gasteiger partial charge in [0.2, 0.25) is 5.95 Å². The number of aromatic nitrogens is 4. The van der Waals surface area contributed by atoms with Crippen LogP contribution in [0, 0.1) is 0 Å². The molecule has 3 rings (SSSR count). The third-order valence-corrected chi connectivity index (χ3v) is 3.00. The molecular formula is C13H15N5. The summed E-state index contributed by atoms with van der Waals surface area (Å²) in [6, 6.07) is 8.08. The van der Waals surface area contributed by atoms with Gasteiger partial charge in [0.05, 0.1) is 22.9 Å². The van der Waals surface area contributed by atoms with Crippen molar-refractivity contribution in [3.05, 3.63) is 36.7 Å². The quantitative estimate of drug-likeness (QED) is 0.766. The summed E-state index contributed by atoms with van der Waals surface area (Å²) in [6.07, 6.45) is 3.78. The molecule has 0 fully saturated rings. The lowest BCUT2D eigenvalue weighted by atomic mass is 10.3. The van der Waals surface area contributed by atoms with Gasteiger partial charge in [0.25, 0.3) is 0 Å². The van der Waals surface area contributed by atoms with Gasteiger partial charge >= 0.3 is 0 Å². The third kappa shape index (κ3) is 1.73. The average Bonchev–Trinajstić information content (AvgIpc) is 2.97. The van der Waals surface area contributed by atoms with Crippen molar-refractivity contribution >= 4 is 22.7 Å².